The van der Waals surface area contributed by atoms with E-state index in [0.717, 1.165) is 6.08 Å². The Balaban J connectivity index is 0. The third kappa shape index (κ3) is 23.8. The molecule has 68 valence electrons. The molecule has 5 nitrogen and oxygen atoms in total. The maximum atomic E-state index is 9.83. The second kappa shape index (κ2) is 7.46. The number of hydrogen-bond donors (Lipinski definition) is 0. The minimum Gasteiger partial charge on any atom is -0.550 e. The van der Waals surface area contributed by atoms with Gasteiger partial charge in [0.15, 0.2) is 0 Å². The summed E-state index contributed by atoms with van der Waals surface area (Å²) < 4.78 is 0. The van der Waals surface area contributed by atoms with Crippen molar-refractivity contribution in [2.75, 3.05) is 0 Å². The minimum atomic E-state index is -1.31. The first-order chi connectivity index (χ1) is 5.40. The molecule has 0 heterocycles. The maximum Gasteiger partial charge on any atom is 0.135 e. The zero-order valence-electron chi connectivity index (χ0n) is 6.53. The molecule has 0 aliphatic carbocycles. The number of hydrogen-bond acceptors (Lipinski definition) is 5. The number of rotatable bonds is 3. The molecule has 0 fully saturated rings. The van der Waals surface area contributed by atoms with Gasteiger partial charge in [0.2, 0.25) is 0 Å². The lowest BCUT2D eigenvalue weighted by Gasteiger charge is -1.92. The zero-order chi connectivity index (χ0) is 10.1. The summed E-state index contributed by atoms with van der Waals surface area (Å²) in [4.78, 5) is 28.4. The highest BCUT2D eigenvalue weighted by atomic mass is 16.4. The molecule has 0 saturated carbocycles. The second-order valence-electron chi connectivity index (χ2n) is 1.77. The largest absolute Gasteiger partial charge is 0.550 e. The topological polar surface area (TPSA) is 97.3 Å². The number of carboxylic acid groups (broad SMARTS) is 2. The van der Waals surface area contributed by atoms with Crippen LogP contribution in [-0.4, -0.2) is 17.7 Å². The van der Waals surface area contributed by atoms with Gasteiger partial charge in [0.1, 0.15) is 5.78 Å². The molecule has 0 unspecified atom stereocenters. The zero-order valence-corrected chi connectivity index (χ0v) is 6.53. The van der Waals surface area contributed by atoms with Crippen LogP contribution in [0.5, 0.6) is 0 Å². The Hall–Kier alpha value is -1.65. The Morgan fingerprint density at radius 2 is 1.67 bits per heavy atom. The molecule has 0 rings (SSSR count). The average Bonchev–Trinajstić information content (AvgIpc) is 1.85. The van der Waals surface area contributed by atoms with E-state index in [0.29, 0.717) is 0 Å². The molecule has 0 aliphatic rings. The molecule has 0 aromatic heterocycles. The number of carbonyl (C=O) groups excluding carboxylic acids is 3. The minimum absolute atomic E-state index is 0.375. The van der Waals surface area contributed by atoms with E-state index >= 15 is 0 Å². The van der Waals surface area contributed by atoms with Crippen molar-refractivity contribution in [3.63, 3.8) is 0 Å². The van der Waals surface area contributed by atoms with Crippen LogP contribution in [0.3, 0.4) is 0 Å². The Bertz CT molecular complexity index is 182. The van der Waals surface area contributed by atoms with Gasteiger partial charge in [0.05, 0.1) is 5.97 Å². The van der Waals surface area contributed by atoms with E-state index in [-0.39, 0.29) is 5.78 Å². The normalized spacial score (nSPS) is 7.42. The van der Waals surface area contributed by atoms with Crippen LogP contribution in [0.25, 0.3) is 0 Å². The fourth-order valence-electron chi connectivity index (χ4n) is 0.203. The first-order valence-corrected chi connectivity index (χ1v) is 2.92. The van der Waals surface area contributed by atoms with Crippen LogP contribution in [0.15, 0.2) is 12.7 Å². The molecule has 12 heavy (non-hydrogen) atoms. The third-order valence-corrected chi connectivity index (χ3v) is 0.560. The molecule has 5 heteroatoms. The summed E-state index contributed by atoms with van der Waals surface area (Å²) in [5.41, 5.74) is 0. The summed E-state index contributed by atoms with van der Waals surface area (Å²) in [6, 6.07) is 0. The molecular weight excluding hydrogens is 164 g/mol. The monoisotopic (exact) mass is 172 g/mol. The molecule has 0 saturated heterocycles. The molecule has 0 N–H and O–H groups in total. The predicted octanol–water partition coefficient (Wildman–Crippen LogP) is -2.36. The standard InChI is InChI=1S/C4H6O3.C3H4O2/c1-3(5)2-4(6)7;1-2-3(4)5/h2H2,1H3,(H,6,7);2H,1H2,(H,4,5)/p-2. The van der Waals surface area contributed by atoms with Gasteiger partial charge in [-0.25, -0.2) is 0 Å². The fraction of sp³-hybridized carbons (Fsp3) is 0.286. The highest BCUT2D eigenvalue weighted by Crippen LogP contribution is 1.74. The fourth-order valence-corrected chi connectivity index (χ4v) is 0.203. The van der Waals surface area contributed by atoms with Crippen LogP contribution in [0, 0.1) is 0 Å². The van der Waals surface area contributed by atoms with E-state index < -0.39 is 18.4 Å². The van der Waals surface area contributed by atoms with Gasteiger partial charge in [-0.1, -0.05) is 6.58 Å². The molecule has 0 aliphatic heterocycles. The van der Waals surface area contributed by atoms with Gasteiger partial charge in [-0.05, 0) is 13.0 Å². The third-order valence-electron chi connectivity index (χ3n) is 0.560. The number of Topliss-reactive ketones (excluding diaryl/α,β-unsaturated/α-hetero) is 1. The van der Waals surface area contributed by atoms with Crippen LogP contribution in [0.1, 0.15) is 13.3 Å². The highest BCUT2D eigenvalue weighted by molar-refractivity contribution is 5.92. The van der Waals surface area contributed by atoms with Gasteiger partial charge < -0.3 is 19.8 Å². The van der Waals surface area contributed by atoms with Crippen molar-refractivity contribution in [1.29, 1.82) is 0 Å². The Morgan fingerprint density at radius 1 is 1.33 bits per heavy atom. The van der Waals surface area contributed by atoms with E-state index in [9.17, 15) is 14.7 Å². The smallest absolute Gasteiger partial charge is 0.135 e. The molecule has 0 bridgehead atoms. The first kappa shape index (κ1) is 13.0. The van der Waals surface area contributed by atoms with E-state index in [1.54, 1.807) is 0 Å². The second-order valence-corrected chi connectivity index (χ2v) is 1.77. The number of ketones is 1. The van der Waals surface area contributed by atoms with Crippen molar-refractivity contribution >= 4 is 17.7 Å². The summed E-state index contributed by atoms with van der Waals surface area (Å²) in [7, 11) is 0. The number of carbonyl (C=O) groups is 3. The maximum absolute atomic E-state index is 9.83. The summed E-state index contributed by atoms with van der Waals surface area (Å²) >= 11 is 0. The van der Waals surface area contributed by atoms with Gasteiger partial charge in [0, 0.05) is 12.4 Å². The van der Waals surface area contributed by atoms with Crippen molar-refractivity contribution in [1.82, 2.24) is 0 Å². The molecule has 0 atom stereocenters. The van der Waals surface area contributed by atoms with Gasteiger partial charge >= 0.3 is 0 Å². The summed E-state index contributed by atoms with van der Waals surface area (Å²) in [6.45, 7) is 4.10. The lowest BCUT2D eigenvalue weighted by Crippen LogP contribution is -2.24. The molecule has 0 spiro atoms. The van der Waals surface area contributed by atoms with Crippen molar-refractivity contribution in [3.8, 4) is 0 Å². The molecule has 0 aromatic rings. The van der Waals surface area contributed by atoms with E-state index in [1.165, 1.54) is 6.92 Å². The SMILES string of the molecule is C=CC(=O)[O-].CC(=O)CC(=O)[O-]. The average molecular weight is 172 g/mol. The Kier molecular flexibility index (Phi) is 8.06. The highest BCUT2D eigenvalue weighted by Gasteiger charge is 1.88. The van der Waals surface area contributed by atoms with Crippen LogP contribution < -0.4 is 10.2 Å². The molecule has 0 amide bonds. The van der Waals surface area contributed by atoms with Gasteiger partial charge in [-0.15, -0.1) is 0 Å². The lowest BCUT2D eigenvalue weighted by atomic mass is 10.3. The van der Waals surface area contributed by atoms with Crippen LogP contribution >= 0.6 is 0 Å². The first-order valence-electron chi connectivity index (χ1n) is 2.92. The molecule has 0 radical (unpaired) electrons. The van der Waals surface area contributed by atoms with E-state index in [1.807, 2.05) is 0 Å². The van der Waals surface area contributed by atoms with E-state index in [4.69, 9.17) is 9.90 Å². The van der Waals surface area contributed by atoms with Crippen molar-refractivity contribution in [3.05, 3.63) is 12.7 Å². The summed E-state index contributed by atoms with van der Waals surface area (Å²) in [5, 5.41) is 18.6. The van der Waals surface area contributed by atoms with Gasteiger partial charge in [0.25, 0.3) is 0 Å². The summed E-state index contributed by atoms with van der Waals surface area (Å²) in [6.07, 6.45) is 0.250. The molecule has 0 aromatic carbocycles. The Morgan fingerprint density at radius 3 is 1.67 bits per heavy atom. The van der Waals surface area contributed by atoms with Crippen LogP contribution in [0.2, 0.25) is 0 Å². The lowest BCUT2D eigenvalue weighted by molar-refractivity contribution is -0.304. The van der Waals surface area contributed by atoms with E-state index in [2.05, 4.69) is 6.58 Å². The van der Waals surface area contributed by atoms with Crippen molar-refractivity contribution in [2.45, 2.75) is 13.3 Å². The van der Waals surface area contributed by atoms with Crippen molar-refractivity contribution in [2.24, 2.45) is 0 Å². The van der Waals surface area contributed by atoms with Gasteiger partial charge in [-0.2, -0.15) is 0 Å². The summed E-state index contributed by atoms with van der Waals surface area (Å²) in [5.74, 6) is -2.92. The Labute approximate surface area is 69.3 Å². The predicted molar refractivity (Wildman–Crippen MR) is 35.5 cm³/mol. The quantitative estimate of drug-likeness (QED) is 0.350. The van der Waals surface area contributed by atoms with Crippen molar-refractivity contribution < 1.29 is 24.6 Å². The number of carboxylic acids is 2. The number of aliphatic carboxylic acids is 2. The van der Waals surface area contributed by atoms with Crippen LogP contribution in [-0.2, 0) is 14.4 Å². The van der Waals surface area contributed by atoms with Gasteiger partial charge in [-0.3, -0.25) is 4.79 Å². The van der Waals surface area contributed by atoms with Crippen LogP contribution in [0.4, 0.5) is 0 Å². The molecular formula is C7H8O5-2.